The van der Waals surface area contributed by atoms with Crippen LogP contribution < -0.4 is 10.6 Å². The predicted octanol–water partition coefficient (Wildman–Crippen LogP) is 2.89. The average Bonchev–Trinajstić information content (AvgIpc) is 2.57. The molecule has 2 aromatic rings. The number of carbonyl (C=O) groups excluding carboxylic acids is 2. The van der Waals surface area contributed by atoms with Gasteiger partial charge in [-0.05, 0) is 45.2 Å². The zero-order valence-electron chi connectivity index (χ0n) is 14.2. The Kier molecular flexibility index (Phi) is 6.09. The molecule has 2 N–H and O–H groups in total. The Morgan fingerprint density at radius 2 is 1.54 bits per heavy atom. The molecule has 2 rings (SSSR count). The molecular weight excluding hydrogens is 302 g/mol. The second-order valence-corrected chi connectivity index (χ2v) is 5.86. The molecule has 0 spiro atoms. The number of likely N-dealkylation sites (N-methyl/N-ethyl adjacent to an activating group) is 1. The van der Waals surface area contributed by atoms with Crippen LogP contribution in [0.15, 0.2) is 54.6 Å². The number of amides is 2. The van der Waals surface area contributed by atoms with Gasteiger partial charge >= 0.3 is 0 Å². The van der Waals surface area contributed by atoms with Gasteiger partial charge < -0.3 is 10.6 Å². The minimum atomic E-state index is -0.422. The van der Waals surface area contributed by atoms with Crippen molar-refractivity contribution in [3.8, 4) is 0 Å². The van der Waals surface area contributed by atoms with Gasteiger partial charge in [0.15, 0.2) is 0 Å². The molecule has 0 aliphatic carbocycles. The van der Waals surface area contributed by atoms with E-state index >= 15 is 0 Å². The van der Waals surface area contributed by atoms with Crippen LogP contribution in [0.2, 0.25) is 0 Å². The highest BCUT2D eigenvalue weighted by Crippen LogP contribution is 2.10. The molecule has 0 saturated carbocycles. The van der Waals surface area contributed by atoms with Gasteiger partial charge in [0.2, 0.25) is 11.8 Å². The molecule has 0 radical (unpaired) electrons. The summed E-state index contributed by atoms with van der Waals surface area (Å²) >= 11 is 0. The van der Waals surface area contributed by atoms with Crippen molar-refractivity contribution in [2.45, 2.75) is 19.9 Å². The van der Waals surface area contributed by atoms with Gasteiger partial charge in [0.05, 0.1) is 12.6 Å². The summed E-state index contributed by atoms with van der Waals surface area (Å²) in [5, 5.41) is 5.67. The minimum Gasteiger partial charge on any atom is -0.325 e. The van der Waals surface area contributed by atoms with E-state index in [2.05, 4.69) is 10.6 Å². The van der Waals surface area contributed by atoms with E-state index in [1.165, 1.54) is 0 Å². The summed E-state index contributed by atoms with van der Waals surface area (Å²) in [7, 11) is 1.75. The first-order chi connectivity index (χ1) is 11.5. The number of hydrogen-bond donors (Lipinski definition) is 2. The maximum atomic E-state index is 12.2. The van der Waals surface area contributed by atoms with Gasteiger partial charge in [0.1, 0.15) is 0 Å². The number of anilines is 2. The summed E-state index contributed by atoms with van der Waals surface area (Å²) in [5.41, 5.74) is 2.63. The first kappa shape index (κ1) is 17.7. The number of rotatable bonds is 6. The summed E-state index contributed by atoms with van der Waals surface area (Å²) < 4.78 is 0. The Bertz CT molecular complexity index is 684. The van der Waals surface area contributed by atoms with E-state index in [-0.39, 0.29) is 18.4 Å². The van der Waals surface area contributed by atoms with Crippen molar-refractivity contribution < 1.29 is 9.59 Å². The maximum absolute atomic E-state index is 12.2. The van der Waals surface area contributed by atoms with Crippen molar-refractivity contribution in [3.63, 3.8) is 0 Å². The highest BCUT2D eigenvalue weighted by Gasteiger charge is 2.20. The topological polar surface area (TPSA) is 61.4 Å². The van der Waals surface area contributed by atoms with Crippen LogP contribution in [-0.2, 0) is 9.59 Å². The third-order valence-electron chi connectivity index (χ3n) is 3.81. The molecule has 0 fully saturated rings. The number of hydrogen-bond acceptors (Lipinski definition) is 3. The minimum absolute atomic E-state index is 0.136. The van der Waals surface area contributed by atoms with Crippen molar-refractivity contribution in [1.82, 2.24) is 4.90 Å². The van der Waals surface area contributed by atoms with E-state index in [0.29, 0.717) is 0 Å². The highest BCUT2D eigenvalue weighted by atomic mass is 16.2. The summed E-state index contributed by atoms with van der Waals surface area (Å²) in [4.78, 5) is 26.1. The lowest BCUT2D eigenvalue weighted by Crippen LogP contribution is -2.43. The lowest BCUT2D eigenvalue weighted by Gasteiger charge is -2.23. The Morgan fingerprint density at radius 3 is 2.17 bits per heavy atom. The zero-order valence-corrected chi connectivity index (χ0v) is 14.2. The smallest absolute Gasteiger partial charge is 0.241 e. The van der Waals surface area contributed by atoms with Crippen LogP contribution in [0.5, 0.6) is 0 Å². The molecule has 5 nitrogen and oxygen atoms in total. The molecular formula is C19H23N3O2. The molecule has 2 amide bonds. The van der Waals surface area contributed by atoms with Gasteiger partial charge in [-0.25, -0.2) is 0 Å². The number of carbonyl (C=O) groups is 2. The largest absolute Gasteiger partial charge is 0.325 e. The first-order valence-corrected chi connectivity index (χ1v) is 7.88. The fourth-order valence-electron chi connectivity index (χ4n) is 2.17. The van der Waals surface area contributed by atoms with E-state index in [9.17, 15) is 9.59 Å². The van der Waals surface area contributed by atoms with Crippen LogP contribution in [0.25, 0.3) is 0 Å². The van der Waals surface area contributed by atoms with Crippen LogP contribution in [0, 0.1) is 6.92 Å². The SMILES string of the molecule is Cc1ccc(NC(=O)CN(C)C(C)C(=O)Nc2ccccc2)cc1. The molecule has 1 atom stereocenters. The number of benzene rings is 2. The van der Waals surface area contributed by atoms with Crippen LogP contribution in [0.3, 0.4) is 0 Å². The lowest BCUT2D eigenvalue weighted by atomic mass is 10.2. The summed E-state index contributed by atoms with van der Waals surface area (Å²) in [6, 6.07) is 16.4. The molecule has 1 unspecified atom stereocenters. The molecule has 0 aliphatic rings. The predicted molar refractivity (Wildman–Crippen MR) is 97.0 cm³/mol. The molecule has 2 aromatic carbocycles. The molecule has 0 bridgehead atoms. The van der Waals surface area contributed by atoms with Crippen LogP contribution >= 0.6 is 0 Å². The van der Waals surface area contributed by atoms with Gasteiger partial charge in [-0.3, -0.25) is 14.5 Å². The Balaban J connectivity index is 1.86. The molecule has 0 heterocycles. The van der Waals surface area contributed by atoms with Gasteiger partial charge in [-0.15, -0.1) is 0 Å². The van der Waals surface area contributed by atoms with E-state index in [1.807, 2.05) is 61.5 Å². The summed E-state index contributed by atoms with van der Waals surface area (Å²) in [5.74, 6) is -0.299. The maximum Gasteiger partial charge on any atom is 0.241 e. The third kappa shape index (κ3) is 5.21. The average molecular weight is 325 g/mol. The van der Waals surface area contributed by atoms with Crippen LogP contribution in [-0.4, -0.2) is 36.3 Å². The van der Waals surface area contributed by atoms with E-state index in [0.717, 1.165) is 16.9 Å². The number of aryl methyl sites for hydroxylation is 1. The monoisotopic (exact) mass is 325 g/mol. The molecule has 126 valence electrons. The van der Waals surface area contributed by atoms with E-state index in [1.54, 1.807) is 18.9 Å². The van der Waals surface area contributed by atoms with Crippen LogP contribution in [0.4, 0.5) is 11.4 Å². The Morgan fingerprint density at radius 1 is 0.958 bits per heavy atom. The molecule has 0 saturated heterocycles. The number of nitrogens with one attached hydrogen (secondary N) is 2. The van der Waals surface area contributed by atoms with Gasteiger partial charge in [-0.2, -0.15) is 0 Å². The zero-order chi connectivity index (χ0) is 17.5. The van der Waals surface area contributed by atoms with Gasteiger partial charge in [0.25, 0.3) is 0 Å². The summed E-state index contributed by atoms with van der Waals surface area (Å²) in [6.45, 7) is 3.90. The molecule has 0 aromatic heterocycles. The van der Waals surface area contributed by atoms with Crippen LogP contribution in [0.1, 0.15) is 12.5 Å². The van der Waals surface area contributed by atoms with E-state index < -0.39 is 6.04 Å². The lowest BCUT2D eigenvalue weighted by molar-refractivity contribution is -0.122. The Labute approximate surface area is 142 Å². The standard InChI is InChI=1S/C19H23N3O2/c1-14-9-11-17(12-10-14)20-18(23)13-22(3)15(2)19(24)21-16-7-5-4-6-8-16/h4-12,15H,13H2,1-3H3,(H,20,23)(H,21,24). The molecule has 24 heavy (non-hydrogen) atoms. The van der Waals surface area contributed by atoms with Crippen molar-refractivity contribution >= 4 is 23.2 Å². The van der Waals surface area contributed by atoms with Crippen molar-refractivity contribution in [2.24, 2.45) is 0 Å². The quantitative estimate of drug-likeness (QED) is 0.858. The Hall–Kier alpha value is -2.66. The van der Waals surface area contributed by atoms with Crippen molar-refractivity contribution in [2.75, 3.05) is 24.2 Å². The third-order valence-corrected chi connectivity index (χ3v) is 3.81. The fraction of sp³-hybridized carbons (Fsp3) is 0.263. The molecule has 0 aliphatic heterocycles. The second kappa shape index (κ2) is 8.26. The van der Waals surface area contributed by atoms with Gasteiger partial charge in [0, 0.05) is 11.4 Å². The number of nitrogens with zero attached hydrogens (tertiary/aromatic N) is 1. The van der Waals surface area contributed by atoms with Crippen molar-refractivity contribution in [1.29, 1.82) is 0 Å². The second-order valence-electron chi connectivity index (χ2n) is 5.86. The highest BCUT2D eigenvalue weighted by molar-refractivity contribution is 5.96. The fourth-order valence-corrected chi connectivity index (χ4v) is 2.17. The van der Waals surface area contributed by atoms with Crippen molar-refractivity contribution in [3.05, 3.63) is 60.2 Å². The summed E-state index contributed by atoms with van der Waals surface area (Å²) in [6.07, 6.45) is 0. The number of para-hydroxylation sites is 1. The first-order valence-electron chi connectivity index (χ1n) is 7.88. The molecule has 5 heteroatoms. The van der Waals surface area contributed by atoms with Gasteiger partial charge in [-0.1, -0.05) is 35.9 Å². The normalized spacial score (nSPS) is 11.8. The van der Waals surface area contributed by atoms with E-state index in [4.69, 9.17) is 0 Å².